The van der Waals surface area contributed by atoms with Gasteiger partial charge in [0.1, 0.15) is 11.5 Å². The van der Waals surface area contributed by atoms with Crippen molar-refractivity contribution >= 4 is 16.6 Å². The molecule has 0 amide bonds. The van der Waals surface area contributed by atoms with Crippen LogP contribution in [0.4, 0.5) is 10.2 Å². The highest BCUT2D eigenvalue weighted by molar-refractivity contribution is 6.00. The maximum absolute atomic E-state index is 13.4. The molecule has 0 atom stereocenters. The molecule has 0 fully saturated rings. The van der Waals surface area contributed by atoms with Gasteiger partial charge in [-0.05, 0) is 37.6 Å². The predicted octanol–water partition coefficient (Wildman–Crippen LogP) is 4.18. The van der Waals surface area contributed by atoms with E-state index in [0.717, 1.165) is 34.4 Å². The lowest BCUT2D eigenvalue weighted by atomic mass is 10.0. The van der Waals surface area contributed by atoms with E-state index in [1.807, 2.05) is 31.2 Å². The number of nitrogens with zero attached hydrogens (tertiary/aromatic N) is 2. The third-order valence-electron chi connectivity index (χ3n) is 3.46. The van der Waals surface area contributed by atoms with Gasteiger partial charge in [0.15, 0.2) is 5.82 Å². The van der Waals surface area contributed by atoms with E-state index in [1.165, 1.54) is 6.07 Å². The fourth-order valence-corrected chi connectivity index (χ4v) is 2.41. The summed E-state index contributed by atoms with van der Waals surface area (Å²) in [6.07, 6.45) is 0. The van der Waals surface area contributed by atoms with Crippen LogP contribution in [0.25, 0.3) is 22.0 Å². The van der Waals surface area contributed by atoms with Crippen molar-refractivity contribution in [2.45, 2.75) is 13.8 Å². The fraction of sp³-hybridized carbons (Fsp3) is 0.176. The van der Waals surface area contributed by atoms with Gasteiger partial charge in [-0.1, -0.05) is 24.3 Å². The Morgan fingerprint density at radius 2 is 1.81 bits per heavy atom. The number of halogens is 1. The third-order valence-corrected chi connectivity index (χ3v) is 3.46. The van der Waals surface area contributed by atoms with Crippen LogP contribution >= 0.6 is 0 Å². The largest absolute Gasteiger partial charge is 0.368 e. The van der Waals surface area contributed by atoms with Crippen LogP contribution in [0.15, 0.2) is 42.5 Å². The number of aromatic nitrogens is 2. The normalized spacial score (nSPS) is 10.8. The van der Waals surface area contributed by atoms with E-state index >= 15 is 0 Å². The summed E-state index contributed by atoms with van der Waals surface area (Å²) in [5.74, 6) is 0.566. The minimum Gasteiger partial charge on any atom is -0.368 e. The van der Waals surface area contributed by atoms with Gasteiger partial charge >= 0.3 is 0 Å². The first-order valence-corrected chi connectivity index (χ1v) is 6.96. The Hall–Kier alpha value is -2.49. The van der Waals surface area contributed by atoms with Gasteiger partial charge in [-0.25, -0.2) is 4.39 Å². The van der Waals surface area contributed by atoms with Crippen LogP contribution in [0.5, 0.6) is 0 Å². The highest BCUT2D eigenvalue weighted by atomic mass is 19.1. The molecule has 1 aromatic heterocycles. The van der Waals surface area contributed by atoms with Crippen LogP contribution in [0.1, 0.15) is 12.5 Å². The lowest BCUT2D eigenvalue weighted by molar-refractivity contribution is 0.618. The van der Waals surface area contributed by atoms with Crippen LogP contribution in [0, 0.1) is 12.7 Å². The van der Waals surface area contributed by atoms with Crippen molar-refractivity contribution in [3.8, 4) is 11.3 Å². The average molecular weight is 281 g/mol. The van der Waals surface area contributed by atoms with Crippen molar-refractivity contribution < 1.29 is 4.39 Å². The zero-order chi connectivity index (χ0) is 14.8. The second kappa shape index (κ2) is 5.48. The molecule has 2 aromatic carbocycles. The van der Waals surface area contributed by atoms with E-state index in [-0.39, 0.29) is 5.82 Å². The zero-order valence-corrected chi connectivity index (χ0v) is 12.0. The molecule has 0 radical (unpaired) electrons. The van der Waals surface area contributed by atoms with Crippen molar-refractivity contribution in [3.05, 3.63) is 53.8 Å². The molecule has 3 rings (SSSR count). The monoisotopic (exact) mass is 281 g/mol. The molecule has 0 aliphatic carbocycles. The lowest BCUT2D eigenvalue weighted by Gasteiger charge is -2.10. The number of nitrogens with one attached hydrogen (secondary N) is 1. The number of aryl methyl sites for hydroxylation is 1. The van der Waals surface area contributed by atoms with E-state index < -0.39 is 0 Å². The smallest absolute Gasteiger partial charge is 0.156 e. The van der Waals surface area contributed by atoms with Gasteiger partial charge in [0, 0.05) is 22.9 Å². The molecule has 0 aliphatic rings. The summed E-state index contributed by atoms with van der Waals surface area (Å²) in [5, 5.41) is 13.8. The minimum absolute atomic E-state index is 0.208. The van der Waals surface area contributed by atoms with Gasteiger partial charge in [-0.15, -0.1) is 10.2 Å². The van der Waals surface area contributed by atoms with E-state index in [0.29, 0.717) is 5.56 Å². The number of hydrogen-bond acceptors (Lipinski definition) is 3. The summed E-state index contributed by atoms with van der Waals surface area (Å²) in [4.78, 5) is 0. The molecule has 0 saturated carbocycles. The first-order chi connectivity index (χ1) is 10.2. The van der Waals surface area contributed by atoms with E-state index in [4.69, 9.17) is 0 Å². The SMILES string of the molecule is CCNc1nnc(-c2ccc(F)c(C)c2)c2ccccc12. The van der Waals surface area contributed by atoms with Crippen molar-refractivity contribution in [1.29, 1.82) is 0 Å². The summed E-state index contributed by atoms with van der Waals surface area (Å²) >= 11 is 0. The second-order valence-electron chi connectivity index (χ2n) is 4.94. The number of benzene rings is 2. The first kappa shape index (κ1) is 13.5. The van der Waals surface area contributed by atoms with Gasteiger partial charge in [-0.3, -0.25) is 0 Å². The van der Waals surface area contributed by atoms with Gasteiger partial charge in [-0.2, -0.15) is 0 Å². The molecule has 1 heterocycles. The van der Waals surface area contributed by atoms with Gasteiger partial charge in [0.2, 0.25) is 0 Å². The third kappa shape index (κ3) is 2.44. The molecule has 106 valence electrons. The molecule has 0 spiro atoms. The average Bonchev–Trinajstić information content (AvgIpc) is 2.51. The van der Waals surface area contributed by atoms with E-state index in [9.17, 15) is 4.39 Å². The summed E-state index contributed by atoms with van der Waals surface area (Å²) in [5.41, 5.74) is 2.25. The van der Waals surface area contributed by atoms with Crippen molar-refractivity contribution in [2.24, 2.45) is 0 Å². The van der Waals surface area contributed by atoms with Crippen LogP contribution < -0.4 is 5.32 Å². The number of fused-ring (bicyclic) bond motifs is 1. The van der Waals surface area contributed by atoms with Crippen LogP contribution in [-0.2, 0) is 0 Å². The molecule has 0 saturated heterocycles. The lowest BCUT2D eigenvalue weighted by Crippen LogP contribution is -2.02. The maximum Gasteiger partial charge on any atom is 0.156 e. The molecule has 4 heteroatoms. The Kier molecular flexibility index (Phi) is 3.52. The van der Waals surface area contributed by atoms with Crippen molar-refractivity contribution in [1.82, 2.24) is 10.2 Å². The topological polar surface area (TPSA) is 37.8 Å². The van der Waals surface area contributed by atoms with Crippen LogP contribution in [0.2, 0.25) is 0 Å². The number of anilines is 1. The Bertz CT molecular complexity index is 799. The molecular weight excluding hydrogens is 265 g/mol. The predicted molar refractivity (Wildman–Crippen MR) is 83.8 cm³/mol. The zero-order valence-electron chi connectivity index (χ0n) is 12.0. The van der Waals surface area contributed by atoms with Gasteiger partial charge in [0.05, 0.1) is 0 Å². The van der Waals surface area contributed by atoms with Gasteiger partial charge in [0.25, 0.3) is 0 Å². The summed E-state index contributed by atoms with van der Waals surface area (Å²) in [7, 11) is 0. The highest BCUT2D eigenvalue weighted by Crippen LogP contribution is 2.30. The molecule has 1 N–H and O–H groups in total. The Labute approximate surface area is 122 Å². The second-order valence-corrected chi connectivity index (χ2v) is 4.94. The van der Waals surface area contributed by atoms with Crippen molar-refractivity contribution in [2.75, 3.05) is 11.9 Å². The molecule has 0 unspecified atom stereocenters. The van der Waals surface area contributed by atoms with Crippen LogP contribution in [0.3, 0.4) is 0 Å². The Morgan fingerprint density at radius 1 is 1.05 bits per heavy atom. The summed E-state index contributed by atoms with van der Waals surface area (Å²) < 4.78 is 13.4. The number of hydrogen-bond donors (Lipinski definition) is 1. The molecule has 0 aliphatic heterocycles. The maximum atomic E-state index is 13.4. The molecular formula is C17H16FN3. The van der Waals surface area contributed by atoms with Gasteiger partial charge < -0.3 is 5.32 Å². The number of rotatable bonds is 3. The summed E-state index contributed by atoms with van der Waals surface area (Å²) in [6.45, 7) is 4.56. The van der Waals surface area contributed by atoms with E-state index in [1.54, 1.807) is 19.1 Å². The Balaban J connectivity index is 2.23. The Morgan fingerprint density at radius 3 is 2.52 bits per heavy atom. The molecule has 0 bridgehead atoms. The van der Waals surface area contributed by atoms with E-state index in [2.05, 4.69) is 15.5 Å². The summed E-state index contributed by atoms with van der Waals surface area (Å²) in [6, 6.07) is 13.0. The standard InChI is InChI=1S/C17H16FN3/c1-3-19-17-14-7-5-4-6-13(14)16(20-21-17)12-8-9-15(18)11(2)10-12/h4-10H,3H2,1-2H3,(H,19,21). The molecule has 21 heavy (non-hydrogen) atoms. The molecule has 3 aromatic rings. The first-order valence-electron chi connectivity index (χ1n) is 6.96. The molecule has 3 nitrogen and oxygen atoms in total. The van der Waals surface area contributed by atoms with Crippen molar-refractivity contribution in [3.63, 3.8) is 0 Å². The quantitative estimate of drug-likeness (QED) is 0.782. The van der Waals surface area contributed by atoms with Crippen LogP contribution in [-0.4, -0.2) is 16.7 Å². The minimum atomic E-state index is -0.208. The fourth-order valence-electron chi connectivity index (χ4n) is 2.41. The highest BCUT2D eigenvalue weighted by Gasteiger charge is 2.11.